The monoisotopic (exact) mass is 385 g/mol. The van der Waals surface area contributed by atoms with Gasteiger partial charge in [0, 0.05) is 24.0 Å². The molecule has 1 aliphatic rings. The number of imidazole rings is 1. The van der Waals surface area contributed by atoms with Gasteiger partial charge in [-0.15, -0.1) is 11.3 Å². The van der Waals surface area contributed by atoms with E-state index in [9.17, 15) is 4.79 Å². The summed E-state index contributed by atoms with van der Waals surface area (Å²) >= 11 is 7.79. The van der Waals surface area contributed by atoms with Gasteiger partial charge in [-0.05, 0) is 41.8 Å². The van der Waals surface area contributed by atoms with E-state index < -0.39 is 0 Å². The van der Waals surface area contributed by atoms with Crippen molar-refractivity contribution in [3.63, 3.8) is 0 Å². The molecule has 1 aromatic carbocycles. The highest BCUT2D eigenvalue weighted by Crippen LogP contribution is 2.31. The molecule has 4 rings (SSSR count). The summed E-state index contributed by atoms with van der Waals surface area (Å²) in [4.78, 5) is 20.1. The van der Waals surface area contributed by atoms with Crippen LogP contribution in [0.25, 0.3) is 0 Å². The standard InChI is InChI=1S/C20H20ClN3OS/c21-17-5-2-1-4-16(17)13-23-10-9-22-19(23)14-24(12-15-7-8-15)20(25)18-6-3-11-26-18/h1-6,9-11,15H,7-8,12-14H2. The van der Waals surface area contributed by atoms with E-state index in [1.54, 1.807) is 6.20 Å². The minimum Gasteiger partial charge on any atom is -0.330 e. The Labute approximate surface area is 162 Å². The van der Waals surface area contributed by atoms with Gasteiger partial charge in [-0.3, -0.25) is 4.79 Å². The first-order valence-electron chi connectivity index (χ1n) is 8.77. The molecule has 6 heteroatoms. The fourth-order valence-electron chi connectivity index (χ4n) is 3.00. The Morgan fingerprint density at radius 3 is 2.85 bits per heavy atom. The maximum atomic E-state index is 12.9. The molecule has 0 spiro atoms. The van der Waals surface area contributed by atoms with Gasteiger partial charge in [-0.1, -0.05) is 35.9 Å². The van der Waals surface area contributed by atoms with Crippen LogP contribution in [-0.4, -0.2) is 26.9 Å². The van der Waals surface area contributed by atoms with E-state index in [-0.39, 0.29) is 5.91 Å². The Morgan fingerprint density at radius 2 is 2.12 bits per heavy atom. The zero-order chi connectivity index (χ0) is 17.9. The van der Waals surface area contributed by atoms with E-state index >= 15 is 0 Å². The summed E-state index contributed by atoms with van der Waals surface area (Å²) in [6.45, 7) is 1.97. The highest BCUT2D eigenvalue weighted by molar-refractivity contribution is 7.12. The molecular formula is C20H20ClN3OS. The molecule has 0 aliphatic heterocycles. The highest BCUT2D eigenvalue weighted by Gasteiger charge is 2.28. The smallest absolute Gasteiger partial charge is 0.264 e. The molecule has 1 fully saturated rings. The number of thiophene rings is 1. The molecule has 134 valence electrons. The van der Waals surface area contributed by atoms with Crippen molar-refractivity contribution in [1.82, 2.24) is 14.5 Å². The number of aromatic nitrogens is 2. The normalized spacial score (nSPS) is 13.7. The number of benzene rings is 1. The molecule has 0 saturated heterocycles. The van der Waals surface area contributed by atoms with Gasteiger partial charge in [0.15, 0.2) is 0 Å². The summed E-state index contributed by atoms with van der Waals surface area (Å²) in [5, 5.41) is 2.69. The van der Waals surface area contributed by atoms with E-state index in [4.69, 9.17) is 11.6 Å². The van der Waals surface area contributed by atoms with Crippen molar-refractivity contribution >= 4 is 28.8 Å². The van der Waals surface area contributed by atoms with Crippen LogP contribution in [0.1, 0.15) is 33.9 Å². The van der Waals surface area contributed by atoms with Gasteiger partial charge in [0.05, 0.1) is 18.0 Å². The second-order valence-corrected chi connectivity index (χ2v) is 8.02. The van der Waals surface area contributed by atoms with Crippen molar-refractivity contribution in [2.24, 2.45) is 5.92 Å². The van der Waals surface area contributed by atoms with Crippen molar-refractivity contribution < 1.29 is 4.79 Å². The van der Waals surface area contributed by atoms with E-state index in [1.165, 1.54) is 24.2 Å². The Hall–Kier alpha value is -2.11. The predicted octanol–water partition coefficient (Wildman–Crippen LogP) is 4.70. The number of carbonyl (C=O) groups is 1. The Morgan fingerprint density at radius 1 is 1.27 bits per heavy atom. The highest BCUT2D eigenvalue weighted by atomic mass is 35.5. The fraction of sp³-hybridized carbons (Fsp3) is 0.300. The van der Waals surface area contributed by atoms with E-state index in [1.807, 2.05) is 52.9 Å². The van der Waals surface area contributed by atoms with Crippen molar-refractivity contribution in [3.05, 3.63) is 75.5 Å². The first-order chi connectivity index (χ1) is 12.7. The number of nitrogens with zero attached hydrogens (tertiary/aromatic N) is 3. The number of hydrogen-bond donors (Lipinski definition) is 0. The number of hydrogen-bond acceptors (Lipinski definition) is 3. The molecular weight excluding hydrogens is 366 g/mol. The summed E-state index contributed by atoms with van der Waals surface area (Å²) in [5.41, 5.74) is 1.05. The third kappa shape index (κ3) is 4.00. The fourth-order valence-corrected chi connectivity index (χ4v) is 3.89. The largest absolute Gasteiger partial charge is 0.330 e. The quantitative estimate of drug-likeness (QED) is 0.591. The van der Waals surface area contributed by atoms with E-state index in [0.29, 0.717) is 19.0 Å². The molecule has 4 nitrogen and oxygen atoms in total. The third-order valence-electron chi connectivity index (χ3n) is 4.63. The van der Waals surface area contributed by atoms with Gasteiger partial charge >= 0.3 is 0 Å². The molecule has 2 aromatic heterocycles. The zero-order valence-corrected chi connectivity index (χ0v) is 15.9. The van der Waals surface area contributed by atoms with Gasteiger partial charge in [-0.25, -0.2) is 4.98 Å². The van der Waals surface area contributed by atoms with Crippen LogP contribution in [-0.2, 0) is 13.1 Å². The zero-order valence-electron chi connectivity index (χ0n) is 14.3. The molecule has 0 atom stereocenters. The summed E-state index contributed by atoms with van der Waals surface area (Å²) in [7, 11) is 0. The summed E-state index contributed by atoms with van der Waals surface area (Å²) < 4.78 is 2.07. The molecule has 0 bridgehead atoms. The van der Waals surface area contributed by atoms with Crippen LogP contribution in [0.3, 0.4) is 0 Å². The molecule has 1 aliphatic carbocycles. The average Bonchev–Trinajstić information content (AvgIpc) is 3.10. The molecule has 26 heavy (non-hydrogen) atoms. The Balaban J connectivity index is 1.53. The number of carbonyl (C=O) groups excluding carboxylic acids is 1. The average molecular weight is 386 g/mol. The van der Waals surface area contributed by atoms with Gasteiger partial charge in [-0.2, -0.15) is 0 Å². The first-order valence-corrected chi connectivity index (χ1v) is 10.0. The topological polar surface area (TPSA) is 38.1 Å². The lowest BCUT2D eigenvalue weighted by atomic mass is 10.2. The maximum Gasteiger partial charge on any atom is 0.264 e. The Bertz CT molecular complexity index is 886. The van der Waals surface area contributed by atoms with E-state index in [0.717, 1.165) is 27.8 Å². The summed E-state index contributed by atoms with van der Waals surface area (Å²) in [6, 6.07) is 11.6. The van der Waals surface area contributed by atoms with Crippen LogP contribution in [0.15, 0.2) is 54.2 Å². The van der Waals surface area contributed by atoms with Crippen molar-refractivity contribution in [2.75, 3.05) is 6.54 Å². The lowest BCUT2D eigenvalue weighted by molar-refractivity contribution is 0.0733. The third-order valence-corrected chi connectivity index (χ3v) is 5.85. The number of rotatable bonds is 7. The van der Waals surface area contributed by atoms with Crippen LogP contribution >= 0.6 is 22.9 Å². The molecule has 3 aromatic rings. The molecule has 2 heterocycles. The van der Waals surface area contributed by atoms with Crippen LogP contribution in [0, 0.1) is 5.92 Å². The minimum atomic E-state index is 0.0965. The summed E-state index contributed by atoms with van der Waals surface area (Å²) in [6.07, 6.45) is 6.16. The number of halogens is 1. The molecule has 1 amide bonds. The van der Waals surface area contributed by atoms with Crippen LogP contribution in [0.4, 0.5) is 0 Å². The van der Waals surface area contributed by atoms with Crippen LogP contribution < -0.4 is 0 Å². The predicted molar refractivity (Wildman–Crippen MR) is 105 cm³/mol. The van der Waals surface area contributed by atoms with Crippen molar-refractivity contribution in [3.8, 4) is 0 Å². The van der Waals surface area contributed by atoms with Gasteiger partial charge in [0.1, 0.15) is 5.82 Å². The second kappa shape index (κ2) is 7.64. The molecule has 0 radical (unpaired) electrons. The maximum absolute atomic E-state index is 12.9. The van der Waals surface area contributed by atoms with Crippen LogP contribution in [0.5, 0.6) is 0 Å². The minimum absolute atomic E-state index is 0.0965. The first kappa shape index (κ1) is 17.3. The Kier molecular flexibility index (Phi) is 5.09. The van der Waals surface area contributed by atoms with Gasteiger partial charge < -0.3 is 9.47 Å². The summed E-state index contributed by atoms with van der Waals surface area (Å²) in [5.74, 6) is 1.61. The second-order valence-electron chi connectivity index (χ2n) is 6.67. The lowest BCUT2D eigenvalue weighted by Crippen LogP contribution is -2.33. The SMILES string of the molecule is O=C(c1cccs1)N(Cc1nccn1Cc1ccccc1Cl)CC1CC1. The lowest BCUT2D eigenvalue weighted by Gasteiger charge is -2.22. The molecule has 1 saturated carbocycles. The molecule has 0 N–H and O–H groups in total. The van der Waals surface area contributed by atoms with Crippen LogP contribution in [0.2, 0.25) is 5.02 Å². The molecule has 0 unspecified atom stereocenters. The van der Waals surface area contributed by atoms with Crippen molar-refractivity contribution in [2.45, 2.75) is 25.9 Å². The number of amides is 1. The van der Waals surface area contributed by atoms with Gasteiger partial charge in [0.2, 0.25) is 0 Å². The van der Waals surface area contributed by atoms with E-state index in [2.05, 4.69) is 9.55 Å². The van der Waals surface area contributed by atoms with Crippen molar-refractivity contribution in [1.29, 1.82) is 0 Å². The van der Waals surface area contributed by atoms with Gasteiger partial charge in [0.25, 0.3) is 5.91 Å².